The van der Waals surface area contributed by atoms with Crippen molar-refractivity contribution in [1.29, 1.82) is 0 Å². The summed E-state index contributed by atoms with van der Waals surface area (Å²) in [6, 6.07) is 0. The first kappa shape index (κ1) is 17.2. The second-order valence-corrected chi connectivity index (χ2v) is 7.20. The molecule has 0 spiro atoms. The van der Waals surface area contributed by atoms with Crippen LogP contribution in [-0.2, 0) is 0 Å². The summed E-state index contributed by atoms with van der Waals surface area (Å²) in [5.74, 6) is 8.81. The van der Waals surface area contributed by atoms with Crippen molar-refractivity contribution in [2.75, 3.05) is 32.5 Å². The molecule has 0 atom stereocenters. The van der Waals surface area contributed by atoms with E-state index in [1.165, 1.54) is 25.7 Å². The highest BCUT2D eigenvalue weighted by Crippen LogP contribution is 2.30. The van der Waals surface area contributed by atoms with E-state index in [1.54, 1.807) is 12.4 Å². The second-order valence-electron chi connectivity index (χ2n) is 6.29. The van der Waals surface area contributed by atoms with Gasteiger partial charge < -0.3 is 5.32 Å². The summed E-state index contributed by atoms with van der Waals surface area (Å²) in [4.78, 5) is 10.6. The number of aromatic nitrogens is 2. The highest BCUT2D eigenvalue weighted by atomic mass is 79.9. The third kappa shape index (κ3) is 6.33. The molecule has 1 saturated carbocycles. The molecule has 1 N–H and O–H groups in total. The van der Waals surface area contributed by atoms with Crippen molar-refractivity contribution >= 4 is 21.9 Å². The van der Waals surface area contributed by atoms with Gasteiger partial charge in [0.15, 0.2) is 0 Å². The van der Waals surface area contributed by atoms with Crippen LogP contribution < -0.4 is 5.32 Å². The van der Waals surface area contributed by atoms with Crippen molar-refractivity contribution in [3.05, 3.63) is 16.9 Å². The molecule has 120 valence electrons. The molecule has 4 nitrogen and oxygen atoms in total. The Bertz CT molecular complexity index is 496. The van der Waals surface area contributed by atoms with Gasteiger partial charge in [-0.05, 0) is 67.5 Å². The van der Waals surface area contributed by atoms with Crippen molar-refractivity contribution in [3.8, 4) is 11.8 Å². The molecule has 0 bridgehead atoms. The SMILES string of the molecule is CN(C)CC#CC[C@H]1CC[C@H](CNc2ncc(Br)cn2)CC1. The van der Waals surface area contributed by atoms with Crippen LogP contribution >= 0.6 is 15.9 Å². The molecule has 1 fully saturated rings. The fraction of sp³-hybridized carbons (Fsp3) is 0.647. The standard InChI is InChI=1S/C17H25BrN4/c1-22(2)10-4-3-5-14-6-8-15(9-7-14)11-19-17-20-12-16(18)13-21-17/h12-15H,5-11H2,1-2H3,(H,19,20,21)/t14-,15-. The number of halogens is 1. The van der Waals surface area contributed by atoms with Crippen molar-refractivity contribution in [2.45, 2.75) is 32.1 Å². The molecular weight excluding hydrogens is 340 g/mol. The van der Waals surface area contributed by atoms with Gasteiger partial charge in [-0.1, -0.05) is 5.92 Å². The summed E-state index contributed by atoms with van der Waals surface area (Å²) >= 11 is 3.35. The summed E-state index contributed by atoms with van der Waals surface area (Å²) in [5.41, 5.74) is 0. The zero-order chi connectivity index (χ0) is 15.8. The molecule has 22 heavy (non-hydrogen) atoms. The zero-order valence-electron chi connectivity index (χ0n) is 13.5. The average Bonchev–Trinajstić information content (AvgIpc) is 2.52. The summed E-state index contributed by atoms with van der Waals surface area (Å²) in [7, 11) is 4.12. The Morgan fingerprint density at radius 2 is 1.77 bits per heavy atom. The molecule has 1 aliphatic rings. The highest BCUT2D eigenvalue weighted by Gasteiger charge is 2.20. The number of hydrogen-bond acceptors (Lipinski definition) is 4. The lowest BCUT2D eigenvalue weighted by Crippen LogP contribution is -2.21. The molecule has 0 saturated heterocycles. The number of rotatable bonds is 5. The predicted molar refractivity (Wildman–Crippen MR) is 94.6 cm³/mol. The topological polar surface area (TPSA) is 41.0 Å². The van der Waals surface area contributed by atoms with E-state index in [2.05, 4.69) is 62.1 Å². The summed E-state index contributed by atoms with van der Waals surface area (Å²) in [5, 5.41) is 3.34. The molecule has 5 heteroatoms. The van der Waals surface area contributed by atoms with Gasteiger partial charge >= 0.3 is 0 Å². The minimum absolute atomic E-state index is 0.722. The van der Waals surface area contributed by atoms with Gasteiger partial charge in [0.05, 0.1) is 11.0 Å². The van der Waals surface area contributed by atoms with E-state index >= 15 is 0 Å². The Hall–Kier alpha value is -1.12. The smallest absolute Gasteiger partial charge is 0.222 e. The van der Waals surface area contributed by atoms with Crippen molar-refractivity contribution < 1.29 is 0 Å². The van der Waals surface area contributed by atoms with Crippen LogP contribution in [-0.4, -0.2) is 42.1 Å². The van der Waals surface area contributed by atoms with Gasteiger partial charge in [-0.2, -0.15) is 0 Å². The summed E-state index contributed by atoms with van der Waals surface area (Å²) in [6.45, 7) is 1.84. The van der Waals surface area contributed by atoms with Gasteiger partial charge in [-0.15, -0.1) is 5.92 Å². The van der Waals surface area contributed by atoms with E-state index < -0.39 is 0 Å². The molecule has 0 aliphatic heterocycles. The Morgan fingerprint density at radius 3 is 2.41 bits per heavy atom. The highest BCUT2D eigenvalue weighted by molar-refractivity contribution is 9.10. The molecule has 0 unspecified atom stereocenters. The Balaban J connectivity index is 1.64. The van der Waals surface area contributed by atoms with Crippen LogP contribution in [0.3, 0.4) is 0 Å². The van der Waals surface area contributed by atoms with Crippen LogP contribution in [0.25, 0.3) is 0 Å². The maximum atomic E-state index is 4.25. The lowest BCUT2D eigenvalue weighted by atomic mass is 9.80. The summed E-state index contributed by atoms with van der Waals surface area (Å²) in [6.07, 6.45) is 9.77. The zero-order valence-corrected chi connectivity index (χ0v) is 15.1. The number of nitrogens with one attached hydrogen (secondary N) is 1. The maximum absolute atomic E-state index is 4.25. The number of nitrogens with zero attached hydrogens (tertiary/aromatic N) is 3. The predicted octanol–water partition coefficient (Wildman–Crippen LogP) is 3.41. The molecule has 0 aromatic carbocycles. The van der Waals surface area contributed by atoms with Crippen molar-refractivity contribution in [3.63, 3.8) is 0 Å². The van der Waals surface area contributed by atoms with Crippen molar-refractivity contribution in [1.82, 2.24) is 14.9 Å². The van der Waals surface area contributed by atoms with Crippen LogP contribution in [0.15, 0.2) is 16.9 Å². The van der Waals surface area contributed by atoms with Crippen LogP contribution in [0, 0.1) is 23.7 Å². The molecule has 1 aromatic rings. The van der Waals surface area contributed by atoms with Crippen LogP contribution in [0.1, 0.15) is 32.1 Å². The van der Waals surface area contributed by atoms with Crippen LogP contribution in [0.4, 0.5) is 5.95 Å². The fourth-order valence-electron chi connectivity index (χ4n) is 2.71. The Morgan fingerprint density at radius 1 is 1.14 bits per heavy atom. The fourth-order valence-corrected chi connectivity index (χ4v) is 2.91. The molecule has 1 aliphatic carbocycles. The minimum Gasteiger partial charge on any atom is -0.354 e. The van der Waals surface area contributed by atoms with Gasteiger partial charge in [0.25, 0.3) is 0 Å². The third-order valence-electron chi connectivity index (χ3n) is 4.05. The number of hydrogen-bond donors (Lipinski definition) is 1. The lowest BCUT2D eigenvalue weighted by Gasteiger charge is -2.27. The number of anilines is 1. The monoisotopic (exact) mass is 364 g/mol. The average molecular weight is 365 g/mol. The van der Waals surface area contributed by atoms with E-state index in [0.29, 0.717) is 0 Å². The first-order chi connectivity index (χ1) is 10.6. The molecule has 0 amide bonds. The third-order valence-corrected chi connectivity index (χ3v) is 4.46. The van der Waals surface area contributed by atoms with Gasteiger partial charge in [-0.25, -0.2) is 9.97 Å². The van der Waals surface area contributed by atoms with Gasteiger partial charge in [0.1, 0.15) is 0 Å². The van der Waals surface area contributed by atoms with Crippen molar-refractivity contribution in [2.24, 2.45) is 11.8 Å². The molecule has 1 aromatic heterocycles. The second kappa shape index (κ2) is 9.12. The minimum atomic E-state index is 0.722. The van der Waals surface area contributed by atoms with E-state index in [1.807, 2.05) is 0 Å². The van der Waals surface area contributed by atoms with Crippen LogP contribution in [0.5, 0.6) is 0 Å². The van der Waals surface area contributed by atoms with Crippen LogP contribution in [0.2, 0.25) is 0 Å². The first-order valence-corrected chi connectivity index (χ1v) is 8.74. The quantitative estimate of drug-likeness (QED) is 0.812. The van der Waals surface area contributed by atoms with E-state index in [-0.39, 0.29) is 0 Å². The lowest BCUT2D eigenvalue weighted by molar-refractivity contribution is 0.287. The van der Waals surface area contributed by atoms with E-state index in [0.717, 1.165) is 41.8 Å². The Kier molecular flexibility index (Phi) is 7.14. The molecule has 2 rings (SSSR count). The van der Waals surface area contributed by atoms with Gasteiger partial charge in [-0.3, -0.25) is 4.90 Å². The van der Waals surface area contributed by atoms with Gasteiger partial charge in [0, 0.05) is 25.4 Å². The Labute approximate surface area is 142 Å². The first-order valence-electron chi connectivity index (χ1n) is 7.95. The van der Waals surface area contributed by atoms with E-state index in [9.17, 15) is 0 Å². The summed E-state index contributed by atoms with van der Waals surface area (Å²) < 4.78 is 0.911. The molecular formula is C17H25BrN4. The molecule has 1 heterocycles. The van der Waals surface area contributed by atoms with E-state index in [4.69, 9.17) is 0 Å². The van der Waals surface area contributed by atoms with Gasteiger partial charge in [0.2, 0.25) is 5.95 Å². The largest absolute Gasteiger partial charge is 0.354 e. The maximum Gasteiger partial charge on any atom is 0.222 e. The molecule has 0 radical (unpaired) electrons. The normalized spacial score (nSPS) is 21.3.